The van der Waals surface area contributed by atoms with Crippen molar-refractivity contribution in [2.24, 2.45) is 0 Å². The maximum atomic E-state index is 13.5. The number of nitrogens with zero attached hydrogens (tertiary/aromatic N) is 4. The lowest BCUT2D eigenvalue weighted by molar-refractivity contribution is -0.120. The molecule has 1 aliphatic heterocycles. The Balaban J connectivity index is 1.68. The minimum atomic E-state index is -0.887. The number of carbonyl (C=O) groups excluding carboxylic acids is 1. The zero-order valence-corrected chi connectivity index (χ0v) is 22.3. The first-order chi connectivity index (χ1) is 18.6. The number of rotatable bonds is 8. The van der Waals surface area contributed by atoms with Gasteiger partial charge in [0.1, 0.15) is 6.61 Å². The molecule has 8 nitrogen and oxygen atoms in total. The summed E-state index contributed by atoms with van der Waals surface area (Å²) in [5.74, 6) is 1.99. The van der Waals surface area contributed by atoms with Crippen molar-refractivity contribution in [3.63, 3.8) is 0 Å². The van der Waals surface area contributed by atoms with Crippen LogP contribution in [-0.2, 0) is 11.4 Å². The average Bonchev–Trinajstić information content (AvgIpc) is 3.10. The molecule has 5 rings (SSSR count). The number of fused-ring (bicyclic) bond motifs is 3. The normalized spacial score (nSPS) is 14.1. The standard InChI is InChI=1S/C29H28N4O4S/c1-4-24(34)33-22-16-10-9-14-20(22)25-27(30-29(32-31-25)38-5-2)37-28(33)21-15-11-17-23(35-3)26(21)36-18-19-12-7-6-8-13-19/h6-17,28H,4-5,18H2,1-3H3/t28-/m0/s1. The van der Waals surface area contributed by atoms with Crippen molar-refractivity contribution in [3.05, 3.63) is 83.9 Å². The molecule has 4 aromatic rings. The summed E-state index contributed by atoms with van der Waals surface area (Å²) in [6.07, 6.45) is -0.619. The predicted molar refractivity (Wildman–Crippen MR) is 147 cm³/mol. The number of benzene rings is 3. The third kappa shape index (κ3) is 5.02. The first-order valence-corrected chi connectivity index (χ1v) is 13.4. The van der Waals surface area contributed by atoms with Gasteiger partial charge in [-0.3, -0.25) is 9.69 Å². The van der Waals surface area contributed by atoms with E-state index >= 15 is 0 Å². The molecule has 0 unspecified atom stereocenters. The van der Waals surface area contributed by atoms with Gasteiger partial charge in [-0.15, -0.1) is 10.2 Å². The molecule has 0 fully saturated rings. The van der Waals surface area contributed by atoms with Gasteiger partial charge < -0.3 is 14.2 Å². The topological polar surface area (TPSA) is 86.7 Å². The molecule has 0 aliphatic carbocycles. The van der Waals surface area contributed by atoms with Crippen LogP contribution in [0.25, 0.3) is 11.3 Å². The van der Waals surface area contributed by atoms with Crippen molar-refractivity contribution in [2.45, 2.75) is 38.3 Å². The van der Waals surface area contributed by atoms with E-state index in [1.54, 1.807) is 12.0 Å². The van der Waals surface area contributed by atoms with Crippen LogP contribution < -0.4 is 19.1 Å². The number of anilines is 1. The summed E-state index contributed by atoms with van der Waals surface area (Å²) < 4.78 is 18.6. The molecule has 0 spiro atoms. The van der Waals surface area contributed by atoms with Gasteiger partial charge in [-0.05, 0) is 29.5 Å². The van der Waals surface area contributed by atoms with Gasteiger partial charge in [0.25, 0.3) is 0 Å². The number of hydrogen-bond donors (Lipinski definition) is 0. The highest BCUT2D eigenvalue weighted by Gasteiger charge is 2.37. The number of methoxy groups -OCH3 is 1. The van der Waals surface area contributed by atoms with Gasteiger partial charge in [-0.1, -0.05) is 80.2 Å². The Kier molecular flexibility index (Phi) is 7.74. The fraction of sp³-hybridized carbons (Fsp3) is 0.241. The predicted octanol–water partition coefficient (Wildman–Crippen LogP) is 6.07. The van der Waals surface area contributed by atoms with Crippen molar-refractivity contribution in [3.8, 4) is 28.6 Å². The number of aromatic nitrogens is 3. The van der Waals surface area contributed by atoms with E-state index in [1.807, 2.05) is 86.6 Å². The third-order valence-corrected chi connectivity index (χ3v) is 6.80. The lowest BCUT2D eigenvalue weighted by Crippen LogP contribution is -2.37. The highest BCUT2D eigenvalue weighted by atomic mass is 32.2. The van der Waals surface area contributed by atoms with E-state index in [0.717, 1.165) is 16.9 Å². The van der Waals surface area contributed by atoms with Gasteiger partial charge in [0.2, 0.25) is 23.2 Å². The summed E-state index contributed by atoms with van der Waals surface area (Å²) in [7, 11) is 1.59. The maximum absolute atomic E-state index is 13.5. The van der Waals surface area contributed by atoms with E-state index in [9.17, 15) is 4.79 Å². The van der Waals surface area contributed by atoms with E-state index in [2.05, 4.69) is 15.2 Å². The number of amides is 1. The second-order valence-corrected chi connectivity index (χ2v) is 9.67. The molecule has 3 aromatic carbocycles. The molecule has 194 valence electrons. The molecule has 9 heteroatoms. The number of ether oxygens (including phenoxy) is 3. The van der Waals surface area contributed by atoms with Crippen molar-refractivity contribution < 1.29 is 19.0 Å². The number of hydrogen-bond acceptors (Lipinski definition) is 8. The van der Waals surface area contributed by atoms with Crippen LogP contribution in [0.2, 0.25) is 0 Å². The van der Waals surface area contributed by atoms with Crippen LogP contribution in [0.5, 0.6) is 17.4 Å². The molecule has 0 radical (unpaired) electrons. The monoisotopic (exact) mass is 528 g/mol. The second kappa shape index (κ2) is 11.5. The molecule has 0 saturated heterocycles. The summed E-state index contributed by atoms with van der Waals surface area (Å²) in [5.41, 5.74) is 3.49. The first kappa shape index (κ1) is 25.5. The molecule has 0 saturated carbocycles. The van der Waals surface area contributed by atoms with Crippen molar-refractivity contribution in [1.29, 1.82) is 0 Å². The van der Waals surface area contributed by atoms with Crippen LogP contribution in [0.3, 0.4) is 0 Å². The van der Waals surface area contributed by atoms with Crippen LogP contribution in [-0.4, -0.2) is 34.0 Å². The van der Waals surface area contributed by atoms with Crippen molar-refractivity contribution >= 4 is 23.4 Å². The van der Waals surface area contributed by atoms with E-state index < -0.39 is 6.23 Å². The summed E-state index contributed by atoms with van der Waals surface area (Å²) in [6, 6.07) is 23.0. The van der Waals surface area contributed by atoms with Gasteiger partial charge in [-0.25, -0.2) is 0 Å². The Bertz CT molecular complexity index is 1430. The molecule has 1 amide bonds. The summed E-state index contributed by atoms with van der Waals surface area (Å²) in [4.78, 5) is 19.9. The molecular weight excluding hydrogens is 500 g/mol. The lowest BCUT2D eigenvalue weighted by Gasteiger charge is -2.32. The van der Waals surface area contributed by atoms with E-state index in [0.29, 0.717) is 46.1 Å². The SMILES string of the molecule is CCSc1nnc2c(n1)O[C@@H](c1cccc(OC)c1OCc1ccccc1)N(C(=O)CC)c1ccccc1-2. The molecule has 1 aromatic heterocycles. The number of carbonyl (C=O) groups is 1. The Labute approximate surface area is 226 Å². The van der Waals surface area contributed by atoms with Crippen LogP contribution in [0, 0.1) is 0 Å². The van der Waals surface area contributed by atoms with Crippen molar-refractivity contribution in [1.82, 2.24) is 15.2 Å². The fourth-order valence-corrected chi connectivity index (χ4v) is 4.82. The summed E-state index contributed by atoms with van der Waals surface area (Å²) in [6.45, 7) is 4.16. The van der Waals surface area contributed by atoms with Gasteiger partial charge in [0.15, 0.2) is 17.2 Å². The zero-order valence-electron chi connectivity index (χ0n) is 21.5. The molecular formula is C29H28N4O4S. The highest BCUT2D eigenvalue weighted by molar-refractivity contribution is 7.99. The number of thioether (sulfide) groups is 1. The van der Waals surface area contributed by atoms with Gasteiger partial charge in [-0.2, -0.15) is 4.98 Å². The highest BCUT2D eigenvalue weighted by Crippen LogP contribution is 2.46. The van der Waals surface area contributed by atoms with Crippen LogP contribution in [0.1, 0.15) is 37.6 Å². The van der Waals surface area contributed by atoms with Gasteiger partial charge >= 0.3 is 0 Å². The Morgan fingerprint density at radius 1 is 1.00 bits per heavy atom. The molecule has 0 N–H and O–H groups in total. The second-order valence-electron chi connectivity index (χ2n) is 8.44. The van der Waals surface area contributed by atoms with Gasteiger partial charge in [0, 0.05) is 12.0 Å². The maximum Gasteiger partial charge on any atom is 0.247 e. The van der Waals surface area contributed by atoms with E-state index in [1.165, 1.54) is 11.8 Å². The Hall–Kier alpha value is -4.11. The Morgan fingerprint density at radius 3 is 2.55 bits per heavy atom. The molecule has 1 atom stereocenters. The number of para-hydroxylation sites is 2. The molecule has 2 heterocycles. The largest absolute Gasteiger partial charge is 0.493 e. The quantitative estimate of drug-likeness (QED) is 0.255. The average molecular weight is 529 g/mol. The minimum Gasteiger partial charge on any atom is -0.493 e. The van der Waals surface area contributed by atoms with E-state index in [4.69, 9.17) is 14.2 Å². The third-order valence-electron chi connectivity index (χ3n) is 6.08. The van der Waals surface area contributed by atoms with Crippen LogP contribution in [0.15, 0.2) is 78.0 Å². The fourth-order valence-electron chi connectivity index (χ4n) is 4.32. The smallest absolute Gasteiger partial charge is 0.247 e. The first-order valence-electron chi connectivity index (χ1n) is 12.4. The molecule has 38 heavy (non-hydrogen) atoms. The van der Waals surface area contributed by atoms with Gasteiger partial charge in [0.05, 0.1) is 18.4 Å². The van der Waals surface area contributed by atoms with Crippen LogP contribution in [0.4, 0.5) is 5.69 Å². The Morgan fingerprint density at radius 2 is 1.79 bits per heavy atom. The zero-order chi connectivity index (χ0) is 26.5. The molecule has 0 bridgehead atoms. The minimum absolute atomic E-state index is 0.122. The van der Waals surface area contributed by atoms with Crippen molar-refractivity contribution in [2.75, 3.05) is 17.8 Å². The lowest BCUT2D eigenvalue weighted by atomic mass is 10.1. The summed E-state index contributed by atoms with van der Waals surface area (Å²) >= 11 is 1.47. The summed E-state index contributed by atoms with van der Waals surface area (Å²) in [5, 5.41) is 9.26. The van der Waals surface area contributed by atoms with E-state index in [-0.39, 0.29) is 12.3 Å². The van der Waals surface area contributed by atoms with Crippen LogP contribution >= 0.6 is 11.8 Å². The molecule has 1 aliphatic rings.